The molecule has 0 aliphatic rings. The predicted octanol–water partition coefficient (Wildman–Crippen LogP) is 3.19. The van der Waals surface area contributed by atoms with E-state index in [-0.39, 0.29) is 0 Å². The van der Waals surface area contributed by atoms with E-state index >= 15 is 0 Å². The molecule has 2 aromatic rings. The van der Waals surface area contributed by atoms with Crippen LogP contribution >= 0.6 is 0 Å². The molecule has 1 unspecified atom stereocenters. The van der Waals surface area contributed by atoms with Crippen LogP contribution < -0.4 is 10.1 Å². The van der Waals surface area contributed by atoms with E-state index in [0.717, 1.165) is 28.5 Å². The summed E-state index contributed by atoms with van der Waals surface area (Å²) in [5.41, 5.74) is 0.971. The third kappa shape index (κ3) is 3.73. The molecular formula is C17H21NO3. The lowest BCUT2D eigenvalue weighted by Crippen LogP contribution is -2.36. The molecule has 21 heavy (non-hydrogen) atoms. The van der Waals surface area contributed by atoms with Gasteiger partial charge in [0.05, 0.1) is 7.11 Å². The Balaban J connectivity index is 2.22. The minimum Gasteiger partial charge on any atom is -0.496 e. The molecule has 0 aromatic heterocycles. The highest BCUT2D eigenvalue weighted by molar-refractivity contribution is 5.85. The number of rotatable bonds is 7. The van der Waals surface area contributed by atoms with Crippen LogP contribution in [0.5, 0.6) is 5.75 Å². The van der Waals surface area contributed by atoms with Gasteiger partial charge in [0.25, 0.3) is 0 Å². The summed E-state index contributed by atoms with van der Waals surface area (Å²) < 4.78 is 5.42. The van der Waals surface area contributed by atoms with E-state index in [9.17, 15) is 9.90 Å². The molecule has 112 valence electrons. The standard InChI is InChI=1S/C17H21NO3/c1-3-6-15(17(19)20)18-11-14-9-12-7-4-5-8-13(12)10-16(14)21-2/h4-5,7-10,15,18H,3,6,11H2,1-2H3,(H,19,20). The van der Waals surface area contributed by atoms with Crippen LogP contribution in [0.15, 0.2) is 36.4 Å². The molecule has 0 radical (unpaired) electrons. The number of carboxylic acids is 1. The number of carbonyl (C=O) groups is 1. The molecule has 0 amide bonds. The van der Waals surface area contributed by atoms with Crippen molar-refractivity contribution >= 4 is 16.7 Å². The average molecular weight is 287 g/mol. The van der Waals surface area contributed by atoms with Gasteiger partial charge in [0, 0.05) is 12.1 Å². The van der Waals surface area contributed by atoms with E-state index in [2.05, 4.69) is 5.32 Å². The number of hydrogen-bond donors (Lipinski definition) is 2. The Hall–Kier alpha value is -2.07. The normalized spacial score (nSPS) is 12.3. The summed E-state index contributed by atoms with van der Waals surface area (Å²) in [6.07, 6.45) is 1.45. The van der Waals surface area contributed by atoms with Gasteiger partial charge in [0.15, 0.2) is 0 Å². The Labute approximate surface area is 124 Å². The number of methoxy groups -OCH3 is 1. The molecule has 2 rings (SSSR count). The Morgan fingerprint density at radius 2 is 1.95 bits per heavy atom. The molecule has 0 spiro atoms. The summed E-state index contributed by atoms with van der Waals surface area (Å²) in [7, 11) is 1.63. The summed E-state index contributed by atoms with van der Waals surface area (Å²) in [6.45, 7) is 2.46. The SMILES string of the molecule is CCCC(NCc1cc2ccccc2cc1OC)C(=O)O. The van der Waals surface area contributed by atoms with Crippen LogP contribution in [0.2, 0.25) is 0 Å². The fraction of sp³-hybridized carbons (Fsp3) is 0.353. The van der Waals surface area contributed by atoms with Crippen molar-refractivity contribution in [1.82, 2.24) is 5.32 Å². The molecule has 0 aliphatic carbocycles. The number of ether oxygens (including phenoxy) is 1. The molecule has 0 aliphatic heterocycles. The minimum atomic E-state index is -0.809. The third-order valence-corrected chi connectivity index (χ3v) is 3.56. The topological polar surface area (TPSA) is 58.6 Å². The summed E-state index contributed by atoms with van der Waals surface area (Å²) in [5, 5.41) is 14.5. The molecule has 2 aromatic carbocycles. The lowest BCUT2D eigenvalue weighted by Gasteiger charge is -2.16. The molecule has 0 bridgehead atoms. The zero-order chi connectivity index (χ0) is 15.2. The lowest BCUT2D eigenvalue weighted by atomic mass is 10.1. The van der Waals surface area contributed by atoms with E-state index in [4.69, 9.17) is 4.74 Å². The fourth-order valence-corrected chi connectivity index (χ4v) is 2.43. The maximum absolute atomic E-state index is 11.2. The van der Waals surface area contributed by atoms with E-state index in [1.54, 1.807) is 7.11 Å². The number of aliphatic carboxylic acids is 1. The van der Waals surface area contributed by atoms with Gasteiger partial charge in [-0.15, -0.1) is 0 Å². The molecule has 0 fully saturated rings. The van der Waals surface area contributed by atoms with Gasteiger partial charge in [-0.25, -0.2) is 0 Å². The Bertz CT molecular complexity index is 624. The van der Waals surface area contributed by atoms with Gasteiger partial charge in [-0.05, 0) is 29.3 Å². The Kier molecular flexibility index (Phi) is 5.17. The van der Waals surface area contributed by atoms with Gasteiger partial charge in [0.2, 0.25) is 0 Å². The number of hydrogen-bond acceptors (Lipinski definition) is 3. The van der Waals surface area contributed by atoms with Crippen LogP contribution in [-0.2, 0) is 11.3 Å². The largest absolute Gasteiger partial charge is 0.496 e. The Morgan fingerprint density at radius 3 is 2.52 bits per heavy atom. The highest BCUT2D eigenvalue weighted by Crippen LogP contribution is 2.26. The molecule has 4 nitrogen and oxygen atoms in total. The zero-order valence-corrected chi connectivity index (χ0v) is 12.4. The lowest BCUT2D eigenvalue weighted by molar-refractivity contribution is -0.139. The third-order valence-electron chi connectivity index (χ3n) is 3.56. The van der Waals surface area contributed by atoms with Crippen molar-refractivity contribution in [1.29, 1.82) is 0 Å². The number of benzene rings is 2. The van der Waals surface area contributed by atoms with Gasteiger partial charge in [0.1, 0.15) is 11.8 Å². The van der Waals surface area contributed by atoms with Gasteiger partial charge < -0.3 is 15.2 Å². The number of fused-ring (bicyclic) bond motifs is 1. The summed E-state index contributed by atoms with van der Waals surface area (Å²) in [5.74, 6) is -0.0292. The molecule has 0 saturated heterocycles. The van der Waals surface area contributed by atoms with E-state index in [0.29, 0.717) is 13.0 Å². The molecule has 1 atom stereocenters. The zero-order valence-electron chi connectivity index (χ0n) is 12.4. The maximum atomic E-state index is 11.2. The predicted molar refractivity (Wildman–Crippen MR) is 83.7 cm³/mol. The van der Waals surface area contributed by atoms with Gasteiger partial charge in [-0.1, -0.05) is 37.6 Å². The molecule has 2 N–H and O–H groups in total. The first-order valence-electron chi connectivity index (χ1n) is 7.17. The minimum absolute atomic E-state index is 0.477. The second kappa shape index (κ2) is 7.09. The molecular weight excluding hydrogens is 266 g/mol. The van der Waals surface area contributed by atoms with E-state index in [1.807, 2.05) is 43.3 Å². The first-order chi connectivity index (χ1) is 10.2. The van der Waals surface area contributed by atoms with Crippen molar-refractivity contribution in [3.63, 3.8) is 0 Å². The fourth-order valence-electron chi connectivity index (χ4n) is 2.43. The average Bonchev–Trinajstić information content (AvgIpc) is 2.50. The first kappa shape index (κ1) is 15.3. The van der Waals surface area contributed by atoms with Gasteiger partial charge in [-0.3, -0.25) is 4.79 Å². The highest BCUT2D eigenvalue weighted by Gasteiger charge is 2.16. The van der Waals surface area contributed by atoms with Crippen LogP contribution in [0, 0.1) is 0 Å². The van der Waals surface area contributed by atoms with Crippen molar-refractivity contribution in [2.75, 3.05) is 7.11 Å². The monoisotopic (exact) mass is 287 g/mol. The molecule has 0 heterocycles. The van der Waals surface area contributed by atoms with Crippen LogP contribution in [0.4, 0.5) is 0 Å². The number of carboxylic acid groups (broad SMARTS) is 1. The van der Waals surface area contributed by atoms with Crippen molar-refractivity contribution in [3.8, 4) is 5.75 Å². The van der Waals surface area contributed by atoms with Crippen molar-refractivity contribution < 1.29 is 14.6 Å². The van der Waals surface area contributed by atoms with Crippen LogP contribution in [0.25, 0.3) is 10.8 Å². The van der Waals surface area contributed by atoms with Crippen LogP contribution in [0.3, 0.4) is 0 Å². The van der Waals surface area contributed by atoms with Crippen molar-refractivity contribution in [2.45, 2.75) is 32.4 Å². The second-order valence-electron chi connectivity index (χ2n) is 5.07. The van der Waals surface area contributed by atoms with Crippen molar-refractivity contribution in [3.05, 3.63) is 42.0 Å². The summed E-state index contributed by atoms with van der Waals surface area (Å²) >= 11 is 0. The maximum Gasteiger partial charge on any atom is 0.320 e. The van der Waals surface area contributed by atoms with Crippen LogP contribution in [0.1, 0.15) is 25.3 Å². The second-order valence-corrected chi connectivity index (χ2v) is 5.07. The number of nitrogens with one attached hydrogen (secondary N) is 1. The summed E-state index contributed by atoms with van der Waals surface area (Å²) in [4.78, 5) is 11.2. The van der Waals surface area contributed by atoms with E-state index in [1.165, 1.54) is 0 Å². The summed E-state index contributed by atoms with van der Waals surface area (Å²) in [6, 6.07) is 11.6. The Morgan fingerprint density at radius 1 is 1.29 bits per heavy atom. The van der Waals surface area contributed by atoms with Gasteiger partial charge in [-0.2, -0.15) is 0 Å². The smallest absolute Gasteiger partial charge is 0.320 e. The van der Waals surface area contributed by atoms with Crippen molar-refractivity contribution in [2.24, 2.45) is 0 Å². The first-order valence-corrected chi connectivity index (χ1v) is 7.17. The van der Waals surface area contributed by atoms with Gasteiger partial charge >= 0.3 is 5.97 Å². The highest BCUT2D eigenvalue weighted by atomic mass is 16.5. The van der Waals surface area contributed by atoms with E-state index < -0.39 is 12.0 Å². The molecule has 4 heteroatoms. The quantitative estimate of drug-likeness (QED) is 0.821. The van der Waals surface area contributed by atoms with Crippen LogP contribution in [-0.4, -0.2) is 24.2 Å². The molecule has 0 saturated carbocycles.